The maximum Gasteiger partial charge on any atom is 0.376 e. The Bertz CT molecular complexity index is 482. The number of unbranched alkanes of at least 4 members (excludes halogenated alkanes) is 10. The fraction of sp³-hybridized carbons (Fsp3) is 0.846. The molecule has 0 heterocycles. The van der Waals surface area contributed by atoms with Gasteiger partial charge in [-0.05, 0) is 64.2 Å². The average Bonchev–Trinajstić information content (AvgIpc) is 2.68. The molecule has 30 heavy (non-hydrogen) atoms. The van der Waals surface area contributed by atoms with Crippen molar-refractivity contribution in [1.29, 1.82) is 0 Å². The van der Waals surface area contributed by atoms with Crippen LogP contribution in [0.1, 0.15) is 117 Å². The molecular formula is C26H51NO2P+. The topological polar surface area (TPSA) is 40.1 Å². The zero-order valence-electron chi connectivity index (χ0n) is 20.8. The van der Waals surface area contributed by atoms with Crippen LogP contribution in [0.4, 0.5) is 0 Å². The van der Waals surface area contributed by atoms with Gasteiger partial charge < -0.3 is 4.89 Å². The van der Waals surface area contributed by atoms with Crippen molar-refractivity contribution in [1.82, 2.24) is 0 Å². The molecule has 0 rings (SSSR count). The minimum atomic E-state index is -2.43. The maximum absolute atomic E-state index is 12.1. The zero-order valence-corrected chi connectivity index (χ0v) is 21.7. The van der Waals surface area contributed by atoms with Crippen molar-refractivity contribution in [3.05, 3.63) is 24.3 Å². The van der Waals surface area contributed by atoms with E-state index in [-0.39, 0.29) is 0 Å². The third kappa shape index (κ3) is 13.0. The van der Waals surface area contributed by atoms with Crippen LogP contribution in [0.25, 0.3) is 0 Å². The number of hydrogen-bond acceptors (Lipinski definition) is 2. The molecule has 0 saturated carbocycles. The summed E-state index contributed by atoms with van der Waals surface area (Å²) >= 11 is 0. The quantitative estimate of drug-likeness (QED) is 0.0835. The molecule has 176 valence electrons. The molecule has 0 bridgehead atoms. The first-order valence-corrected chi connectivity index (χ1v) is 13.8. The number of nitrogens with zero attached hydrogens (tertiary/aromatic N) is 1. The fourth-order valence-corrected chi connectivity index (χ4v) is 5.39. The molecule has 0 aromatic rings. The lowest BCUT2D eigenvalue weighted by Crippen LogP contribution is -2.55. The lowest BCUT2D eigenvalue weighted by Gasteiger charge is -2.39. The van der Waals surface area contributed by atoms with Gasteiger partial charge in [0.1, 0.15) is 0 Å². The Morgan fingerprint density at radius 3 is 1.47 bits per heavy atom. The van der Waals surface area contributed by atoms with E-state index in [1.54, 1.807) is 0 Å². The van der Waals surface area contributed by atoms with Crippen LogP contribution in [0.3, 0.4) is 0 Å². The lowest BCUT2D eigenvalue weighted by atomic mass is 10.00. The summed E-state index contributed by atoms with van der Waals surface area (Å²) in [6, 6.07) is 0. The van der Waals surface area contributed by atoms with Crippen molar-refractivity contribution in [2.24, 2.45) is 0 Å². The van der Waals surface area contributed by atoms with Gasteiger partial charge in [0.15, 0.2) is 0 Å². The molecule has 3 nitrogen and oxygen atoms in total. The Morgan fingerprint density at radius 1 is 0.667 bits per heavy atom. The van der Waals surface area contributed by atoms with Crippen LogP contribution in [-0.4, -0.2) is 30.9 Å². The Hall–Kier alpha value is -0.500. The van der Waals surface area contributed by atoms with Gasteiger partial charge in [-0.3, -0.25) is 4.48 Å². The van der Waals surface area contributed by atoms with Gasteiger partial charge in [0.25, 0.3) is 5.28 Å². The molecule has 0 fully saturated rings. The molecule has 0 amide bonds. The molecule has 2 atom stereocenters. The second-order valence-corrected chi connectivity index (χ2v) is 11.0. The van der Waals surface area contributed by atoms with E-state index in [9.17, 15) is 9.46 Å². The van der Waals surface area contributed by atoms with Gasteiger partial charge in [-0.25, -0.2) is 0 Å². The van der Waals surface area contributed by atoms with E-state index in [0.717, 1.165) is 44.9 Å². The minimum Gasteiger partial charge on any atom is -0.590 e. The van der Waals surface area contributed by atoms with Gasteiger partial charge in [-0.2, -0.15) is 0 Å². The predicted octanol–water partition coefficient (Wildman–Crippen LogP) is 7.89. The summed E-state index contributed by atoms with van der Waals surface area (Å²) in [5.41, 5.74) is 0. The summed E-state index contributed by atoms with van der Waals surface area (Å²) in [5.74, 6) is 0. The first-order valence-electron chi connectivity index (χ1n) is 12.6. The summed E-state index contributed by atoms with van der Waals surface area (Å²) in [6.07, 6.45) is 27.8. The highest BCUT2D eigenvalue weighted by molar-refractivity contribution is 7.38. The van der Waals surface area contributed by atoms with Crippen LogP contribution >= 0.6 is 8.03 Å². The molecule has 0 spiro atoms. The van der Waals surface area contributed by atoms with Gasteiger partial charge >= 0.3 is 8.03 Å². The minimum absolute atomic E-state index is 0.507. The Balaban J connectivity index is 3.82. The largest absolute Gasteiger partial charge is 0.590 e. The highest BCUT2D eigenvalue weighted by Crippen LogP contribution is 2.45. The summed E-state index contributed by atoms with van der Waals surface area (Å²) < 4.78 is 12.6. The van der Waals surface area contributed by atoms with Gasteiger partial charge in [-0.15, -0.1) is 0 Å². The van der Waals surface area contributed by atoms with E-state index in [1.807, 2.05) is 21.1 Å². The molecule has 2 unspecified atom stereocenters. The van der Waals surface area contributed by atoms with E-state index in [2.05, 4.69) is 38.2 Å². The van der Waals surface area contributed by atoms with Crippen LogP contribution < -0.4 is 4.89 Å². The van der Waals surface area contributed by atoms with Crippen LogP contribution in [-0.2, 0) is 4.57 Å². The third-order valence-corrected chi connectivity index (χ3v) is 7.96. The zero-order chi connectivity index (χ0) is 22.7. The first kappa shape index (κ1) is 29.5. The summed E-state index contributed by atoms with van der Waals surface area (Å²) in [6.45, 7) is 4.34. The van der Waals surface area contributed by atoms with Crippen LogP contribution in [0.2, 0.25) is 0 Å². The normalized spacial score (nSPS) is 15.2. The smallest absolute Gasteiger partial charge is 0.376 e. The molecule has 0 radical (unpaired) electrons. The van der Waals surface area contributed by atoms with Crippen LogP contribution in [0.15, 0.2) is 24.3 Å². The number of hydrogen-bond donors (Lipinski definition) is 0. The van der Waals surface area contributed by atoms with E-state index < -0.39 is 13.3 Å². The van der Waals surface area contributed by atoms with Crippen molar-refractivity contribution in [2.75, 3.05) is 21.1 Å². The van der Waals surface area contributed by atoms with E-state index in [4.69, 9.17) is 0 Å². The average molecular weight is 441 g/mol. The van der Waals surface area contributed by atoms with Crippen molar-refractivity contribution < 1.29 is 13.9 Å². The van der Waals surface area contributed by atoms with Gasteiger partial charge in [0.2, 0.25) is 0 Å². The Kier molecular flexibility index (Phi) is 17.8. The fourth-order valence-electron chi connectivity index (χ4n) is 4.16. The summed E-state index contributed by atoms with van der Waals surface area (Å²) in [7, 11) is 3.63. The number of quaternary nitrogens is 1. The predicted molar refractivity (Wildman–Crippen MR) is 132 cm³/mol. The van der Waals surface area contributed by atoms with Crippen LogP contribution in [0, 0.1) is 0 Å². The van der Waals surface area contributed by atoms with E-state index >= 15 is 0 Å². The van der Waals surface area contributed by atoms with Crippen molar-refractivity contribution >= 4 is 8.03 Å². The monoisotopic (exact) mass is 440 g/mol. The second kappa shape index (κ2) is 18.1. The van der Waals surface area contributed by atoms with E-state index in [0.29, 0.717) is 4.48 Å². The Morgan fingerprint density at radius 2 is 1.10 bits per heavy atom. The lowest BCUT2D eigenvalue weighted by molar-refractivity contribution is -0.910. The number of rotatable bonds is 20. The van der Waals surface area contributed by atoms with E-state index in [1.165, 1.54) is 57.8 Å². The molecule has 0 aliphatic heterocycles. The molecule has 0 aromatic carbocycles. The van der Waals surface area contributed by atoms with Crippen molar-refractivity contribution in [3.8, 4) is 0 Å². The standard InChI is InChI=1S/C26H51NO2P/c1-6-8-9-10-11-12-13-14-15-16-17-18-19-20-21-22-23-25-26(24-7-2,30(28)29)27(3,4)5/h12-13,18-19H,6-11,14-17,20-25H2,1-5H3/q+1/b13-12-,19-18-. The molecule has 0 saturated heterocycles. The molecule has 0 N–H and O–H groups in total. The SMILES string of the molecule is CCCCCC/C=C\CCCC/C=C\CCCCCC(CCC)([P+](=O)[O-])[N+](C)(C)C. The summed E-state index contributed by atoms with van der Waals surface area (Å²) in [5, 5.41) is -0.607. The van der Waals surface area contributed by atoms with Crippen molar-refractivity contribution in [3.63, 3.8) is 0 Å². The van der Waals surface area contributed by atoms with Gasteiger partial charge in [0, 0.05) is 12.8 Å². The second-order valence-electron chi connectivity index (χ2n) is 9.68. The highest BCUT2D eigenvalue weighted by atomic mass is 31.1. The van der Waals surface area contributed by atoms with Gasteiger partial charge in [0.05, 0.1) is 21.1 Å². The van der Waals surface area contributed by atoms with Crippen LogP contribution in [0.5, 0.6) is 0 Å². The highest BCUT2D eigenvalue weighted by Gasteiger charge is 2.53. The maximum atomic E-state index is 12.1. The third-order valence-electron chi connectivity index (χ3n) is 6.24. The van der Waals surface area contributed by atoms with Gasteiger partial charge in [-0.1, -0.05) is 68.4 Å². The first-order chi connectivity index (χ1) is 14.3. The molecular weight excluding hydrogens is 389 g/mol. The summed E-state index contributed by atoms with van der Waals surface area (Å²) in [4.78, 5) is 12.1. The molecule has 0 aliphatic rings. The van der Waals surface area contributed by atoms with Crippen molar-refractivity contribution in [2.45, 2.75) is 122 Å². The molecule has 0 aliphatic carbocycles. The number of allylic oxidation sites excluding steroid dienone is 4. The molecule has 0 aromatic heterocycles. The molecule has 4 heteroatoms. The Labute approximate surface area is 189 Å².